The SMILES string of the molecule is CC1(NC(=O)Nc2cccc(C(=O)O)c2O)CCCOC1. The lowest BCUT2D eigenvalue weighted by Gasteiger charge is -2.34. The molecule has 1 unspecified atom stereocenters. The highest BCUT2D eigenvalue weighted by Crippen LogP contribution is 2.27. The van der Waals surface area contributed by atoms with Gasteiger partial charge in [0.2, 0.25) is 0 Å². The number of para-hydroxylation sites is 1. The number of benzene rings is 1. The summed E-state index contributed by atoms with van der Waals surface area (Å²) in [6.07, 6.45) is 1.65. The highest BCUT2D eigenvalue weighted by atomic mass is 16.5. The summed E-state index contributed by atoms with van der Waals surface area (Å²) in [5.74, 6) is -1.73. The van der Waals surface area contributed by atoms with Crippen molar-refractivity contribution in [2.45, 2.75) is 25.3 Å². The van der Waals surface area contributed by atoms with Crippen molar-refractivity contribution in [3.8, 4) is 5.75 Å². The summed E-state index contributed by atoms with van der Waals surface area (Å²) >= 11 is 0. The molecule has 1 aliphatic heterocycles. The molecule has 2 rings (SSSR count). The number of hydrogen-bond donors (Lipinski definition) is 4. The van der Waals surface area contributed by atoms with Gasteiger partial charge in [0.25, 0.3) is 0 Å². The first-order valence-electron chi connectivity index (χ1n) is 6.63. The number of urea groups is 1. The second-order valence-electron chi connectivity index (χ2n) is 5.30. The van der Waals surface area contributed by atoms with Crippen LogP contribution in [-0.4, -0.2) is 41.0 Å². The molecule has 7 nitrogen and oxygen atoms in total. The fraction of sp³-hybridized carbons (Fsp3) is 0.429. The third kappa shape index (κ3) is 3.63. The Morgan fingerprint density at radius 1 is 1.38 bits per heavy atom. The summed E-state index contributed by atoms with van der Waals surface area (Å²) < 4.78 is 5.34. The van der Waals surface area contributed by atoms with Gasteiger partial charge in [0.1, 0.15) is 5.56 Å². The van der Waals surface area contributed by atoms with Crippen molar-refractivity contribution in [1.29, 1.82) is 0 Å². The van der Waals surface area contributed by atoms with Gasteiger partial charge in [-0.25, -0.2) is 9.59 Å². The van der Waals surface area contributed by atoms with Gasteiger partial charge in [-0.05, 0) is 31.9 Å². The Bertz CT molecular complexity index is 552. The van der Waals surface area contributed by atoms with Crippen molar-refractivity contribution in [3.05, 3.63) is 23.8 Å². The van der Waals surface area contributed by atoms with E-state index in [1.54, 1.807) is 0 Å². The molecule has 1 aromatic rings. The lowest BCUT2D eigenvalue weighted by molar-refractivity contribution is 0.0342. The molecule has 114 valence electrons. The van der Waals surface area contributed by atoms with Crippen LogP contribution in [0.3, 0.4) is 0 Å². The van der Waals surface area contributed by atoms with Crippen LogP contribution in [0.1, 0.15) is 30.1 Å². The van der Waals surface area contributed by atoms with E-state index in [4.69, 9.17) is 9.84 Å². The molecule has 1 heterocycles. The second-order valence-corrected chi connectivity index (χ2v) is 5.30. The molecular formula is C14H18N2O5. The van der Waals surface area contributed by atoms with Gasteiger partial charge in [-0.1, -0.05) is 6.07 Å². The molecule has 1 fully saturated rings. The molecule has 1 saturated heterocycles. The van der Waals surface area contributed by atoms with Crippen LogP contribution in [0.4, 0.5) is 10.5 Å². The largest absolute Gasteiger partial charge is 0.505 e. The fourth-order valence-electron chi connectivity index (χ4n) is 2.28. The number of amides is 2. The van der Waals surface area contributed by atoms with E-state index in [2.05, 4.69) is 10.6 Å². The van der Waals surface area contributed by atoms with Crippen LogP contribution in [-0.2, 0) is 4.74 Å². The topological polar surface area (TPSA) is 108 Å². The number of nitrogens with one attached hydrogen (secondary N) is 2. The Labute approximate surface area is 121 Å². The molecular weight excluding hydrogens is 276 g/mol. The average Bonchev–Trinajstić information content (AvgIpc) is 2.41. The van der Waals surface area contributed by atoms with Gasteiger partial charge in [0.05, 0.1) is 17.8 Å². The molecule has 21 heavy (non-hydrogen) atoms. The maximum atomic E-state index is 12.0. The number of aromatic hydroxyl groups is 1. The molecule has 0 saturated carbocycles. The third-order valence-corrected chi connectivity index (χ3v) is 3.37. The minimum atomic E-state index is -1.26. The lowest BCUT2D eigenvalue weighted by Crippen LogP contribution is -2.52. The second kappa shape index (κ2) is 6.01. The minimum Gasteiger partial charge on any atom is -0.505 e. The van der Waals surface area contributed by atoms with Gasteiger partial charge in [-0.15, -0.1) is 0 Å². The molecule has 2 amide bonds. The normalized spacial score (nSPS) is 21.6. The smallest absolute Gasteiger partial charge is 0.339 e. The van der Waals surface area contributed by atoms with Crippen LogP contribution >= 0.6 is 0 Å². The maximum Gasteiger partial charge on any atom is 0.339 e. The number of rotatable bonds is 3. The highest BCUT2D eigenvalue weighted by molar-refractivity contribution is 5.97. The number of ether oxygens (including phenoxy) is 1. The van der Waals surface area contributed by atoms with Gasteiger partial charge in [0.15, 0.2) is 5.75 Å². The molecule has 0 aliphatic carbocycles. The Morgan fingerprint density at radius 3 is 2.76 bits per heavy atom. The van der Waals surface area contributed by atoms with Crippen molar-refractivity contribution >= 4 is 17.7 Å². The lowest BCUT2D eigenvalue weighted by atomic mass is 9.95. The summed E-state index contributed by atoms with van der Waals surface area (Å²) in [6, 6.07) is 3.63. The monoisotopic (exact) mass is 294 g/mol. The third-order valence-electron chi connectivity index (χ3n) is 3.37. The van der Waals surface area contributed by atoms with E-state index >= 15 is 0 Å². The Hall–Kier alpha value is -2.28. The molecule has 0 aromatic heterocycles. The summed E-state index contributed by atoms with van der Waals surface area (Å²) in [5, 5.41) is 24.0. The zero-order valence-electron chi connectivity index (χ0n) is 11.7. The number of hydrogen-bond acceptors (Lipinski definition) is 4. The number of carboxylic acids is 1. The molecule has 1 aliphatic rings. The van der Waals surface area contributed by atoms with Crippen molar-refractivity contribution in [3.63, 3.8) is 0 Å². The molecule has 1 atom stereocenters. The summed E-state index contributed by atoms with van der Waals surface area (Å²) in [5.41, 5.74) is -0.685. The van der Waals surface area contributed by atoms with Crippen molar-refractivity contribution in [2.75, 3.05) is 18.5 Å². The van der Waals surface area contributed by atoms with E-state index in [0.29, 0.717) is 13.2 Å². The summed E-state index contributed by atoms with van der Waals surface area (Å²) in [6.45, 7) is 2.97. The first-order valence-corrected chi connectivity index (χ1v) is 6.63. The quantitative estimate of drug-likeness (QED) is 0.636. The molecule has 0 spiro atoms. The standard InChI is InChI=1S/C14H18N2O5/c1-14(6-3-7-21-8-14)16-13(20)15-10-5-2-4-9(11(10)17)12(18)19/h2,4-5,17H,3,6-8H2,1H3,(H,18,19)(H2,15,16,20). The van der Waals surface area contributed by atoms with Gasteiger partial charge >= 0.3 is 12.0 Å². The van der Waals surface area contributed by atoms with Gasteiger partial charge in [-0.3, -0.25) is 0 Å². The Morgan fingerprint density at radius 2 is 2.14 bits per heavy atom. The van der Waals surface area contributed by atoms with Crippen LogP contribution in [0.15, 0.2) is 18.2 Å². The van der Waals surface area contributed by atoms with Crippen LogP contribution in [0.2, 0.25) is 0 Å². The van der Waals surface area contributed by atoms with E-state index in [-0.39, 0.29) is 11.3 Å². The number of anilines is 1. The molecule has 4 N–H and O–H groups in total. The molecule has 7 heteroatoms. The fourth-order valence-corrected chi connectivity index (χ4v) is 2.28. The van der Waals surface area contributed by atoms with E-state index in [1.165, 1.54) is 18.2 Å². The van der Waals surface area contributed by atoms with Crippen LogP contribution in [0, 0.1) is 0 Å². The number of carbonyl (C=O) groups is 2. The number of carboxylic acid groups (broad SMARTS) is 1. The number of carbonyl (C=O) groups excluding carboxylic acids is 1. The van der Waals surface area contributed by atoms with Crippen molar-refractivity contribution in [1.82, 2.24) is 5.32 Å². The van der Waals surface area contributed by atoms with Crippen LogP contribution in [0.25, 0.3) is 0 Å². The van der Waals surface area contributed by atoms with Gasteiger partial charge in [-0.2, -0.15) is 0 Å². The van der Waals surface area contributed by atoms with E-state index in [9.17, 15) is 14.7 Å². The van der Waals surface area contributed by atoms with Crippen LogP contribution in [0.5, 0.6) is 5.75 Å². The zero-order valence-corrected chi connectivity index (χ0v) is 11.7. The van der Waals surface area contributed by atoms with Crippen molar-refractivity contribution in [2.24, 2.45) is 0 Å². The average molecular weight is 294 g/mol. The van der Waals surface area contributed by atoms with E-state index in [0.717, 1.165) is 12.8 Å². The minimum absolute atomic E-state index is 0.0488. The van der Waals surface area contributed by atoms with Gasteiger partial charge in [0, 0.05) is 6.61 Å². The summed E-state index contributed by atoms with van der Waals surface area (Å²) in [4.78, 5) is 22.9. The van der Waals surface area contributed by atoms with E-state index in [1.807, 2.05) is 6.92 Å². The highest BCUT2D eigenvalue weighted by Gasteiger charge is 2.29. The zero-order chi connectivity index (χ0) is 15.5. The number of phenols is 1. The Kier molecular flexibility index (Phi) is 4.32. The van der Waals surface area contributed by atoms with E-state index < -0.39 is 23.3 Å². The van der Waals surface area contributed by atoms with Crippen LogP contribution < -0.4 is 10.6 Å². The summed E-state index contributed by atoms with van der Waals surface area (Å²) in [7, 11) is 0. The molecule has 1 aromatic carbocycles. The first-order chi connectivity index (χ1) is 9.91. The predicted octanol–water partition coefficient (Wildman–Crippen LogP) is 1.78. The maximum absolute atomic E-state index is 12.0. The Balaban J connectivity index is 2.06. The molecule has 0 bridgehead atoms. The van der Waals surface area contributed by atoms with Crippen molar-refractivity contribution < 1.29 is 24.5 Å². The first kappa shape index (κ1) is 15.1. The predicted molar refractivity (Wildman–Crippen MR) is 75.7 cm³/mol. The number of aromatic carboxylic acids is 1. The molecule has 0 radical (unpaired) electrons. The van der Waals surface area contributed by atoms with Gasteiger partial charge < -0.3 is 25.6 Å².